The summed E-state index contributed by atoms with van der Waals surface area (Å²) in [6, 6.07) is 15.8. The maximum absolute atomic E-state index is 12.1. The summed E-state index contributed by atoms with van der Waals surface area (Å²) in [4.78, 5) is 12.1. The molecule has 114 valence electrons. The van der Waals surface area contributed by atoms with Gasteiger partial charge in [-0.05, 0) is 48.2 Å². The molecule has 2 aromatic carbocycles. The van der Waals surface area contributed by atoms with E-state index >= 15 is 0 Å². The minimum Gasteiger partial charge on any atom is -0.355 e. The lowest BCUT2D eigenvalue weighted by atomic mass is 9.96. The summed E-state index contributed by atoms with van der Waals surface area (Å²) < 4.78 is 1.08. The summed E-state index contributed by atoms with van der Waals surface area (Å²) in [5.41, 5.74) is 2.42. The van der Waals surface area contributed by atoms with Crippen LogP contribution in [0.15, 0.2) is 53.0 Å². The van der Waals surface area contributed by atoms with Crippen LogP contribution in [0.4, 0.5) is 0 Å². The maximum Gasteiger partial charge on any atom is 0.224 e. The van der Waals surface area contributed by atoms with Gasteiger partial charge in [0.25, 0.3) is 0 Å². The second-order valence-corrected chi connectivity index (χ2v) is 7.22. The van der Waals surface area contributed by atoms with Gasteiger partial charge in [0.15, 0.2) is 0 Å². The first-order valence-electron chi connectivity index (χ1n) is 7.35. The summed E-state index contributed by atoms with van der Waals surface area (Å²) in [5, 5.41) is 3.77. The molecule has 22 heavy (non-hydrogen) atoms. The van der Waals surface area contributed by atoms with Crippen molar-refractivity contribution in [3.05, 3.63) is 69.2 Å². The van der Waals surface area contributed by atoms with E-state index in [2.05, 4.69) is 45.5 Å². The van der Waals surface area contributed by atoms with Gasteiger partial charge in [-0.25, -0.2) is 0 Å². The number of carbonyl (C=O) groups excluding carboxylic acids is 1. The van der Waals surface area contributed by atoms with Gasteiger partial charge in [0.2, 0.25) is 5.91 Å². The van der Waals surface area contributed by atoms with Crippen molar-refractivity contribution in [2.24, 2.45) is 0 Å². The van der Waals surface area contributed by atoms with Crippen LogP contribution in [-0.2, 0) is 16.6 Å². The molecule has 0 unspecified atom stereocenters. The zero-order chi connectivity index (χ0) is 15.6. The van der Waals surface area contributed by atoms with Crippen LogP contribution in [0, 0.1) is 0 Å². The highest BCUT2D eigenvalue weighted by Crippen LogP contribution is 2.47. The summed E-state index contributed by atoms with van der Waals surface area (Å²) >= 11 is 9.31. The Labute approximate surface area is 144 Å². The molecule has 3 rings (SSSR count). The standard InChI is InChI=1S/C18H17BrClNO/c19-15-5-3-14(4-6-15)18(9-10-18)12-21-17(22)11-13-1-7-16(20)8-2-13/h1-8H,9-12H2,(H,21,22). The van der Waals surface area contributed by atoms with Gasteiger partial charge in [0, 0.05) is 21.5 Å². The zero-order valence-electron chi connectivity index (χ0n) is 12.1. The molecule has 1 aliphatic carbocycles. The molecule has 2 aromatic rings. The molecule has 0 heterocycles. The Morgan fingerprint density at radius 2 is 1.73 bits per heavy atom. The number of benzene rings is 2. The van der Waals surface area contributed by atoms with Gasteiger partial charge in [-0.2, -0.15) is 0 Å². The molecule has 1 amide bonds. The van der Waals surface area contributed by atoms with Gasteiger partial charge in [-0.1, -0.05) is 51.8 Å². The molecule has 1 aliphatic rings. The minimum atomic E-state index is 0.0608. The second kappa shape index (κ2) is 6.43. The van der Waals surface area contributed by atoms with Gasteiger partial charge < -0.3 is 5.32 Å². The van der Waals surface area contributed by atoms with Crippen LogP contribution in [0.2, 0.25) is 5.02 Å². The lowest BCUT2D eigenvalue weighted by Gasteiger charge is -2.17. The monoisotopic (exact) mass is 377 g/mol. The fourth-order valence-electron chi connectivity index (χ4n) is 2.64. The first-order valence-corrected chi connectivity index (χ1v) is 8.52. The van der Waals surface area contributed by atoms with E-state index in [1.807, 2.05) is 24.3 Å². The van der Waals surface area contributed by atoms with Gasteiger partial charge >= 0.3 is 0 Å². The van der Waals surface area contributed by atoms with Crippen molar-refractivity contribution in [2.45, 2.75) is 24.7 Å². The second-order valence-electron chi connectivity index (χ2n) is 5.87. The van der Waals surface area contributed by atoms with E-state index in [0.717, 1.165) is 22.9 Å². The third-order valence-corrected chi connectivity index (χ3v) is 4.99. The largest absolute Gasteiger partial charge is 0.355 e. The van der Waals surface area contributed by atoms with Crippen molar-refractivity contribution >= 4 is 33.4 Å². The maximum atomic E-state index is 12.1. The highest BCUT2D eigenvalue weighted by atomic mass is 79.9. The Kier molecular flexibility index (Phi) is 4.55. The summed E-state index contributed by atoms with van der Waals surface area (Å²) in [5.74, 6) is 0.0608. The van der Waals surface area contributed by atoms with Crippen molar-refractivity contribution < 1.29 is 4.79 Å². The highest BCUT2D eigenvalue weighted by Gasteiger charge is 2.44. The average molecular weight is 379 g/mol. The van der Waals surface area contributed by atoms with Crippen LogP contribution in [0.5, 0.6) is 0 Å². The molecule has 2 nitrogen and oxygen atoms in total. The molecule has 0 atom stereocenters. The van der Waals surface area contributed by atoms with E-state index in [1.54, 1.807) is 0 Å². The Morgan fingerprint density at radius 3 is 2.32 bits per heavy atom. The fourth-order valence-corrected chi connectivity index (χ4v) is 3.03. The van der Waals surface area contributed by atoms with Crippen molar-refractivity contribution in [1.82, 2.24) is 5.32 Å². The van der Waals surface area contributed by atoms with Crippen LogP contribution in [0.3, 0.4) is 0 Å². The summed E-state index contributed by atoms with van der Waals surface area (Å²) in [6.45, 7) is 0.709. The molecule has 0 saturated heterocycles. The Morgan fingerprint density at radius 1 is 1.09 bits per heavy atom. The predicted octanol–water partition coefficient (Wildman–Crippen LogP) is 4.49. The Bertz CT molecular complexity index is 662. The number of rotatable bonds is 5. The van der Waals surface area contributed by atoms with E-state index < -0.39 is 0 Å². The fraction of sp³-hybridized carbons (Fsp3) is 0.278. The van der Waals surface area contributed by atoms with Gasteiger partial charge in [-0.3, -0.25) is 4.79 Å². The van der Waals surface area contributed by atoms with Crippen molar-refractivity contribution in [1.29, 1.82) is 0 Å². The zero-order valence-corrected chi connectivity index (χ0v) is 14.5. The molecule has 0 bridgehead atoms. The van der Waals surface area contributed by atoms with Crippen molar-refractivity contribution in [3.63, 3.8) is 0 Å². The van der Waals surface area contributed by atoms with E-state index in [-0.39, 0.29) is 11.3 Å². The number of nitrogens with one attached hydrogen (secondary N) is 1. The van der Waals surface area contributed by atoms with E-state index in [1.165, 1.54) is 5.56 Å². The average Bonchev–Trinajstić information content (AvgIpc) is 3.30. The lowest BCUT2D eigenvalue weighted by Crippen LogP contribution is -2.33. The number of carbonyl (C=O) groups is 1. The molecule has 4 heteroatoms. The van der Waals surface area contributed by atoms with Crippen LogP contribution in [0.1, 0.15) is 24.0 Å². The number of halogens is 2. The minimum absolute atomic E-state index is 0.0608. The normalized spacial score (nSPS) is 15.4. The van der Waals surface area contributed by atoms with Crippen molar-refractivity contribution in [3.8, 4) is 0 Å². The quantitative estimate of drug-likeness (QED) is 0.816. The molecule has 0 spiro atoms. The molecule has 0 aromatic heterocycles. The molecule has 1 N–H and O–H groups in total. The van der Waals surface area contributed by atoms with Crippen LogP contribution in [-0.4, -0.2) is 12.5 Å². The van der Waals surface area contributed by atoms with Gasteiger partial charge in [0.05, 0.1) is 6.42 Å². The Balaban J connectivity index is 1.56. The smallest absolute Gasteiger partial charge is 0.224 e. The molecular weight excluding hydrogens is 362 g/mol. The van der Waals surface area contributed by atoms with Gasteiger partial charge in [-0.15, -0.1) is 0 Å². The van der Waals surface area contributed by atoms with Crippen molar-refractivity contribution in [2.75, 3.05) is 6.54 Å². The Hall–Kier alpha value is -1.32. The van der Waals surface area contributed by atoms with E-state index in [9.17, 15) is 4.79 Å². The number of hydrogen-bond donors (Lipinski definition) is 1. The first kappa shape index (κ1) is 15.6. The SMILES string of the molecule is O=C(Cc1ccc(Cl)cc1)NCC1(c2ccc(Br)cc2)CC1. The number of hydrogen-bond acceptors (Lipinski definition) is 1. The first-order chi connectivity index (χ1) is 10.6. The topological polar surface area (TPSA) is 29.1 Å². The van der Waals surface area contributed by atoms with Crippen LogP contribution in [0.25, 0.3) is 0 Å². The van der Waals surface area contributed by atoms with E-state index in [0.29, 0.717) is 18.0 Å². The van der Waals surface area contributed by atoms with Crippen LogP contribution < -0.4 is 5.32 Å². The van der Waals surface area contributed by atoms with Crippen LogP contribution >= 0.6 is 27.5 Å². The lowest BCUT2D eigenvalue weighted by molar-refractivity contribution is -0.120. The molecular formula is C18H17BrClNO. The summed E-state index contributed by atoms with van der Waals surface area (Å²) in [7, 11) is 0. The third-order valence-electron chi connectivity index (χ3n) is 4.21. The molecule has 1 fully saturated rings. The molecule has 0 aliphatic heterocycles. The summed E-state index contributed by atoms with van der Waals surface area (Å²) in [6.07, 6.45) is 2.67. The molecule has 1 saturated carbocycles. The van der Waals surface area contributed by atoms with Gasteiger partial charge in [0.1, 0.15) is 0 Å². The third kappa shape index (κ3) is 3.71. The highest BCUT2D eigenvalue weighted by molar-refractivity contribution is 9.10. The predicted molar refractivity (Wildman–Crippen MR) is 93.2 cm³/mol. The number of amides is 1. The molecule has 0 radical (unpaired) electrons. The van der Waals surface area contributed by atoms with E-state index in [4.69, 9.17) is 11.6 Å².